The minimum atomic E-state index is -0.550. The number of carbonyl (C=O) groups excluding carboxylic acids is 1. The molecule has 0 bridgehead atoms. The van der Waals surface area contributed by atoms with E-state index in [4.69, 9.17) is 10.7 Å². The van der Waals surface area contributed by atoms with E-state index in [2.05, 4.69) is 49.9 Å². The molecular formula is C25H33FN8O. The third-order valence-electron chi connectivity index (χ3n) is 6.52. The number of aromatic nitrogens is 4. The Balaban J connectivity index is 1.58. The molecule has 0 saturated carbocycles. The van der Waals surface area contributed by atoms with Crippen molar-refractivity contribution in [3.05, 3.63) is 53.5 Å². The van der Waals surface area contributed by atoms with Crippen molar-refractivity contribution in [3.63, 3.8) is 0 Å². The van der Waals surface area contributed by atoms with Gasteiger partial charge in [0.05, 0.1) is 5.69 Å². The van der Waals surface area contributed by atoms with Crippen molar-refractivity contribution in [2.75, 3.05) is 51.0 Å². The number of nitrogens with two attached hydrogens (primary N) is 1. The molecule has 3 N–H and O–H groups in total. The van der Waals surface area contributed by atoms with Gasteiger partial charge in [-0.25, -0.2) is 19.3 Å². The van der Waals surface area contributed by atoms with Crippen molar-refractivity contribution < 1.29 is 9.18 Å². The summed E-state index contributed by atoms with van der Waals surface area (Å²) < 4.78 is 16.1. The molecule has 4 rings (SSSR count). The van der Waals surface area contributed by atoms with Crippen LogP contribution in [0.1, 0.15) is 40.5 Å². The fourth-order valence-electron chi connectivity index (χ4n) is 4.57. The first kappa shape index (κ1) is 24.6. The van der Waals surface area contributed by atoms with E-state index in [0.717, 1.165) is 56.1 Å². The fraction of sp³-hybridized carbons (Fsp3) is 0.440. The van der Waals surface area contributed by atoms with Gasteiger partial charge in [0.25, 0.3) is 5.91 Å². The monoisotopic (exact) mass is 480 g/mol. The van der Waals surface area contributed by atoms with E-state index in [0.29, 0.717) is 22.8 Å². The lowest BCUT2D eigenvalue weighted by Gasteiger charge is -2.33. The van der Waals surface area contributed by atoms with Gasteiger partial charge in [0.2, 0.25) is 0 Å². The molecule has 0 radical (unpaired) electrons. The molecule has 1 aliphatic heterocycles. The summed E-state index contributed by atoms with van der Waals surface area (Å²) in [4.78, 5) is 29.9. The highest BCUT2D eigenvalue weighted by Crippen LogP contribution is 2.33. The highest BCUT2D eigenvalue weighted by Gasteiger charge is 2.29. The summed E-state index contributed by atoms with van der Waals surface area (Å²) in [6, 6.07) is 5.13. The summed E-state index contributed by atoms with van der Waals surface area (Å²) in [6.45, 7) is 4.91. The van der Waals surface area contributed by atoms with Gasteiger partial charge in [0.15, 0.2) is 0 Å². The topological polar surface area (TPSA) is 105 Å². The Labute approximate surface area is 205 Å². The lowest BCUT2D eigenvalue weighted by atomic mass is 9.95. The Morgan fingerprint density at radius 1 is 1.26 bits per heavy atom. The molecule has 9 nitrogen and oxygen atoms in total. The van der Waals surface area contributed by atoms with Crippen molar-refractivity contribution in [2.45, 2.75) is 32.2 Å². The maximum absolute atomic E-state index is 13.8. The number of nitrogens with one attached hydrogen (secondary N) is 1. The minimum Gasteiger partial charge on any atom is -0.372 e. The largest absolute Gasteiger partial charge is 0.372 e. The zero-order valence-electron chi connectivity index (χ0n) is 20.8. The second kappa shape index (κ2) is 10.4. The van der Waals surface area contributed by atoms with E-state index in [9.17, 15) is 9.18 Å². The van der Waals surface area contributed by atoms with Crippen LogP contribution in [0.5, 0.6) is 0 Å². The maximum Gasteiger partial charge on any atom is 0.256 e. The van der Waals surface area contributed by atoms with Crippen molar-refractivity contribution >= 4 is 17.5 Å². The molecule has 1 aliphatic rings. The number of benzene rings is 1. The van der Waals surface area contributed by atoms with Gasteiger partial charge in [-0.1, -0.05) is 0 Å². The van der Waals surface area contributed by atoms with Gasteiger partial charge in [0.1, 0.15) is 35.2 Å². The number of primary amides is 1. The minimum absolute atomic E-state index is 0.213. The van der Waals surface area contributed by atoms with Gasteiger partial charge in [-0.3, -0.25) is 4.79 Å². The number of piperidine rings is 1. The average Bonchev–Trinajstić information content (AvgIpc) is 3.28. The van der Waals surface area contributed by atoms with E-state index in [-0.39, 0.29) is 11.7 Å². The van der Waals surface area contributed by atoms with Crippen molar-refractivity contribution in [3.8, 4) is 11.3 Å². The predicted octanol–water partition coefficient (Wildman–Crippen LogP) is 2.87. The zero-order chi connectivity index (χ0) is 25.1. The quantitative estimate of drug-likeness (QED) is 0.511. The zero-order valence-corrected chi connectivity index (χ0v) is 20.8. The first-order valence-electron chi connectivity index (χ1n) is 11.8. The molecule has 0 aliphatic carbocycles. The number of carbonyl (C=O) groups is 1. The molecule has 3 heterocycles. The van der Waals surface area contributed by atoms with Gasteiger partial charge in [-0.2, -0.15) is 0 Å². The van der Waals surface area contributed by atoms with Crippen LogP contribution in [0.25, 0.3) is 11.3 Å². The van der Waals surface area contributed by atoms with Crippen molar-refractivity contribution in [1.82, 2.24) is 24.4 Å². The summed E-state index contributed by atoms with van der Waals surface area (Å²) in [5, 5.41) is 2.93. The number of hydrogen-bond donors (Lipinski definition) is 2. The van der Waals surface area contributed by atoms with E-state index < -0.39 is 5.91 Å². The third-order valence-corrected chi connectivity index (χ3v) is 6.52. The van der Waals surface area contributed by atoms with E-state index in [1.165, 1.54) is 12.4 Å². The maximum atomic E-state index is 13.8. The molecule has 1 amide bonds. The number of amides is 1. The predicted molar refractivity (Wildman–Crippen MR) is 135 cm³/mol. The number of aryl methyl sites for hydroxylation is 1. The summed E-state index contributed by atoms with van der Waals surface area (Å²) in [5.41, 5.74) is 8.34. The molecule has 10 heteroatoms. The van der Waals surface area contributed by atoms with E-state index in [1.807, 2.05) is 6.07 Å². The number of halogens is 1. The lowest BCUT2D eigenvalue weighted by Crippen LogP contribution is -2.36. The standard InChI is InChI=1S/C25H33FN8O/c1-16-13-18(5-6-19(16)26)20-14-34(12-11-32(3)4)24(31-20)17-7-9-33(10-8-17)25-21(22(27)35)23(28-2)29-15-30-25/h5-6,13-15,17H,7-12H2,1-4H3,(H2,27,35)(H,28,29,30). The van der Waals surface area contributed by atoms with Gasteiger partial charge in [-0.15, -0.1) is 0 Å². The SMILES string of the molecule is CNc1ncnc(N2CCC(c3nc(-c4ccc(F)c(C)c4)cn3CCN(C)C)CC2)c1C(N)=O. The number of anilines is 2. The molecule has 3 aromatic rings. The molecule has 1 saturated heterocycles. The van der Waals surface area contributed by atoms with Crippen LogP contribution in [0.2, 0.25) is 0 Å². The molecule has 0 spiro atoms. The highest BCUT2D eigenvalue weighted by molar-refractivity contribution is 6.02. The lowest BCUT2D eigenvalue weighted by molar-refractivity contribution is 0.100. The molecule has 186 valence electrons. The number of hydrogen-bond acceptors (Lipinski definition) is 7. The van der Waals surface area contributed by atoms with E-state index in [1.54, 1.807) is 20.0 Å². The summed E-state index contributed by atoms with van der Waals surface area (Å²) in [6.07, 6.45) is 5.24. The van der Waals surface area contributed by atoms with Crippen LogP contribution in [0.3, 0.4) is 0 Å². The van der Waals surface area contributed by atoms with Gasteiger partial charge in [0, 0.05) is 50.9 Å². The Morgan fingerprint density at radius 2 is 2.00 bits per heavy atom. The molecular weight excluding hydrogens is 447 g/mol. The van der Waals surface area contributed by atoms with Crippen molar-refractivity contribution in [1.29, 1.82) is 0 Å². The van der Waals surface area contributed by atoms with Crippen LogP contribution in [0.4, 0.5) is 16.0 Å². The van der Waals surface area contributed by atoms with Gasteiger partial charge >= 0.3 is 0 Å². The van der Waals surface area contributed by atoms with E-state index >= 15 is 0 Å². The van der Waals surface area contributed by atoms with Crippen LogP contribution in [-0.2, 0) is 6.54 Å². The molecule has 1 aromatic carbocycles. The Kier molecular flexibility index (Phi) is 7.30. The summed E-state index contributed by atoms with van der Waals surface area (Å²) in [5.74, 6) is 1.53. The van der Waals surface area contributed by atoms with Gasteiger partial charge in [-0.05, 0) is 57.6 Å². The normalized spacial score (nSPS) is 14.5. The smallest absolute Gasteiger partial charge is 0.256 e. The Bertz CT molecular complexity index is 1200. The Morgan fingerprint density at radius 3 is 2.63 bits per heavy atom. The molecule has 0 atom stereocenters. The van der Waals surface area contributed by atoms with Gasteiger partial charge < -0.3 is 25.4 Å². The third kappa shape index (κ3) is 5.27. The first-order valence-corrected chi connectivity index (χ1v) is 11.8. The number of nitrogens with zero attached hydrogens (tertiary/aromatic N) is 6. The Hall–Kier alpha value is -3.53. The fourth-order valence-corrected chi connectivity index (χ4v) is 4.57. The first-order chi connectivity index (χ1) is 16.8. The van der Waals surface area contributed by atoms with Crippen LogP contribution >= 0.6 is 0 Å². The second-order valence-corrected chi connectivity index (χ2v) is 9.24. The number of imidazole rings is 1. The average molecular weight is 481 g/mol. The van der Waals surface area contributed by atoms with Crippen molar-refractivity contribution in [2.24, 2.45) is 5.73 Å². The van der Waals surface area contributed by atoms with Crippen LogP contribution in [-0.4, -0.2) is 71.1 Å². The number of likely N-dealkylation sites (N-methyl/N-ethyl adjacent to an activating group) is 1. The second-order valence-electron chi connectivity index (χ2n) is 9.24. The molecule has 2 aromatic heterocycles. The summed E-state index contributed by atoms with van der Waals surface area (Å²) in [7, 11) is 5.81. The number of rotatable bonds is 8. The molecule has 35 heavy (non-hydrogen) atoms. The molecule has 1 fully saturated rings. The van der Waals surface area contributed by atoms with Crippen LogP contribution in [0, 0.1) is 12.7 Å². The van der Waals surface area contributed by atoms with Crippen LogP contribution < -0.4 is 16.0 Å². The van der Waals surface area contributed by atoms with Crippen LogP contribution in [0.15, 0.2) is 30.7 Å². The summed E-state index contributed by atoms with van der Waals surface area (Å²) >= 11 is 0. The molecule has 0 unspecified atom stereocenters. The highest BCUT2D eigenvalue weighted by atomic mass is 19.1.